The normalized spacial score (nSPS) is 14.8. The Kier molecular flexibility index (Phi) is 11.3. The van der Waals surface area contributed by atoms with Crippen molar-refractivity contribution in [2.75, 3.05) is 31.6 Å². The summed E-state index contributed by atoms with van der Waals surface area (Å²) in [6, 6.07) is 18.6. The van der Waals surface area contributed by atoms with Crippen LogP contribution in [0.3, 0.4) is 0 Å². The number of pyridine rings is 2. The van der Waals surface area contributed by atoms with Crippen LogP contribution in [0.15, 0.2) is 67.0 Å². The number of carboxylic acids is 2. The molecule has 41 heavy (non-hydrogen) atoms. The van der Waals surface area contributed by atoms with Gasteiger partial charge in [0.2, 0.25) is 5.91 Å². The molecule has 3 aromatic rings. The lowest BCUT2D eigenvalue weighted by atomic mass is 9.93. The first kappa shape index (κ1) is 31.1. The highest BCUT2D eigenvalue weighted by Gasteiger charge is 2.29. The number of piperidine rings is 1. The molecule has 12 nitrogen and oxygen atoms in total. The molecule has 3 heterocycles. The lowest BCUT2D eigenvalue weighted by Crippen LogP contribution is -2.39. The number of carbonyl (C=O) groups excluding carboxylic acids is 1. The molecule has 4 rings (SSSR count). The van der Waals surface area contributed by atoms with Gasteiger partial charge in [0, 0.05) is 56.3 Å². The molecular formula is C29H35N5O7. The summed E-state index contributed by atoms with van der Waals surface area (Å²) in [5.74, 6) is -2.05. The largest absolute Gasteiger partial charge is 0.479 e. The van der Waals surface area contributed by atoms with E-state index in [4.69, 9.17) is 31.1 Å². The number of rotatable bonds is 9. The van der Waals surface area contributed by atoms with Gasteiger partial charge in [-0.3, -0.25) is 9.78 Å². The number of aromatic nitrogens is 2. The smallest absolute Gasteiger partial charge is 0.335 e. The Balaban J connectivity index is 0.000000397. The lowest BCUT2D eigenvalue weighted by Gasteiger charge is -2.32. The molecule has 1 aliphatic heterocycles. The topological polar surface area (TPSA) is 190 Å². The van der Waals surface area contributed by atoms with Crippen LogP contribution in [0.2, 0.25) is 0 Å². The van der Waals surface area contributed by atoms with Gasteiger partial charge in [-0.05, 0) is 54.3 Å². The van der Waals surface area contributed by atoms with Gasteiger partial charge in [0.25, 0.3) is 0 Å². The summed E-state index contributed by atoms with van der Waals surface area (Å²) in [5, 5.41) is 32.5. The molecule has 0 aliphatic carbocycles. The number of benzene rings is 1. The van der Waals surface area contributed by atoms with Gasteiger partial charge < -0.3 is 36.0 Å². The molecule has 1 amide bonds. The number of hydrogen-bond acceptors (Lipinski definition) is 9. The fraction of sp³-hybridized carbons (Fsp3) is 0.345. The van der Waals surface area contributed by atoms with Crippen molar-refractivity contribution in [2.24, 2.45) is 5.73 Å². The van der Waals surface area contributed by atoms with Crippen molar-refractivity contribution < 1.29 is 34.8 Å². The average molecular weight is 566 g/mol. The fourth-order valence-corrected chi connectivity index (χ4v) is 4.40. The molecule has 2 unspecified atom stereocenters. The number of likely N-dealkylation sites (N-methyl/N-ethyl adjacent to an activating group) is 1. The van der Waals surface area contributed by atoms with Gasteiger partial charge >= 0.3 is 11.9 Å². The van der Waals surface area contributed by atoms with Gasteiger partial charge in [-0.2, -0.15) is 0 Å². The molecule has 2 atom stereocenters. The van der Waals surface area contributed by atoms with E-state index in [0.717, 1.165) is 48.4 Å². The summed E-state index contributed by atoms with van der Waals surface area (Å²) in [6.07, 6.45) is 1.48. The second-order valence-corrected chi connectivity index (χ2v) is 9.64. The van der Waals surface area contributed by atoms with Crippen LogP contribution in [0.1, 0.15) is 30.0 Å². The third-order valence-electron chi connectivity index (χ3n) is 6.76. The van der Waals surface area contributed by atoms with Gasteiger partial charge in [-0.25, -0.2) is 14.6 Å². The van der Waals surface area contributed by atoms with Gasteiger partial charge in [-0.15, -0.1) is 0 Å². The molecule has 218 valence electrons. The standard InChI is InChI=1S/C25H29N5O.C4H6O6/c1-29(25(31)16-26)18-19-5-4-6-21(15-19)22-8-9-24(28-17-22)30-13-10-20(11-14-30)23-7-2-3-12-27-23;5-1(3(7)8)2(6)4(9)10/h2-9,12,15,17,20H,10-11,13-14,16,18,26H2,1H3;1-2,5-6H,(H,7,8)(H,9,10). The highest BCUT2D eigenvalue weighted by Crippen LogP contribution is 2.29. The van der Waals surface area contributed by atoms with E-state index < -0.39 is 24.1 Å². The first-order valence-electron chi connectivity index (χ1n) is 13.1. The molecule has 0 saturated carbocycles. The van der Waals surface area contributed by atoms with Crippen LogP contribution in [0, 0.1) is 0 Å². The molecular weight excluding hydrogens is 530 g/mol. The predicted molar refractivity (Wildman–Crippen MR) is 151 cm³/mol. The van der Waals surface area contributed by atoms with Crippen LogP contribution in [0.4, 0.5) is 5.82 Å². The Morgan fingerprint density at radius 1 is 0.951 bits per heavy atom. The Morgan fingerprint density at radius 3 is 2.17 bits per heavy atom. The molecule has 2 aromatic heterocycles. The van der Waals surface area contributed by atoms with Gasteiger partial charge in [-0.1, -0.05) is 24.3 Å². The number of amides is 1. The number of aliphatic hydroxyl groups is 2. The maximum atomic E-state index is 11.7. The number of nitrogens with zero attached hydrogens (tertiary/aromatic N) is 4. The lowest BCUT2D eigenvalue weighted by molar-refractivity contribution is -0.165. The molecule has 1 aliphatic rings. The predicted octanol–water partition coefficient (Wildman–Crippen LogP) is 1.32. The van der Waals surface area contributed by atoms with Crippen LogP contribution in [-0.4, -0.2) is 92.0 Å². The third kappa shape index (κ3) is 8.80. The minimum atomic E-state index is -2.27. The summed E-state index contributed by atoms with van der Waals surface area (Å²) in [5.41, 5.74) is 9.89. The summed E-state index contributed by atoms with van der Waals surface area (Å²) in [6.45, 7) is 2.55. The Morgan fingerprint density at radius 2 is 1.63 bits per heavy atom. The number of aliphatic carboxylic acids is 2. The van der Waals surface area contributed by atoms with Crippen LogP contribution < -0.4 is 10.6 Å². The van der Waals surface area contributed by atoms with Gasteiger partial charge in [0.15, 0.2) is 12.2 Å². The first-order valence-corrected chi connectivity index (χ1v) is 13.1. The maximum absolute atomic E-state index is 11.7. The van der Waals surface area contributed by atoms with Gasteiger partial charge in [0.05, 0.1) is 6.54 Å². The highest BCUT2D eigenvalue weighted by molar-refractivity contribution is 5.83. The highest BCUT2D eigenvalue weighted by atomic mass is 16.4. The second-order valence-electron chi connectivity index (χ2n) is 9.64. The van der Waals surface area contributed by atoms with Crippen molar-refractivity contribution in [1.29, 1.82) is 0 Å². The van der Waals surface area contributed by atoms with E-state index >= 15 is 0 Å². The summed E-state index contributed by atoms with van der Waals surface area (Å²) < 4.78 is 0. The number of carbonyl (C=O) groups is 3. The monoisotopic (exact) mass is 565 g/mol. The fourth-order valence-electron chi connectivity index (χ4n) is 4.40. The minimum Gasteiger partial charge on any atom is -0.479 e. The molecule has 0 spiro atoms. The average Bonchev–Trinajstić information content (AvgIpc) is 3.00. The number of anilines is 1. The van der Waals surface area contributed by atoms with Crippen molar-refractivity contribution in [1.82, 2.24) is 14.9 Å². The summed E-state index contributed by atoms with van der Waals surface area (Å²) >= 11 is 0. The Bertz CT molecular complexity index is 1280. The maximum Gasteiger partial charge on any atom is 0.335 e. The SMILES string of the molecule is CN(Cc1cccc(-c2ccc(N3CCC(c4ccccn4)CC3)nc2)c1)C(=O)CN.O=C(O)C(O)C(O)C(=O)O. The second kappa shape index (κ2) is 14.8. The minimum absolute atomic E-state index is 0.0285. The molecule has 1 saturated heterocycles. The molecule has 12 heteroatoms. The van der Waals surface area contributed by atoms with Crippen LogP contribution in [0.5, 0.6) is 0 Å². The third-order valence-corrected chi connectivity index (χ3v) is 6.76. The van der Waals surface area contributed by atoms with Crippen molar-refractivity contribution >= 4 is 23.7 Å². The quantitative estimate of drug-likeness (QED) is 0.251. The Labute approximate surface area is 237 Å². The van der Waals surface area contributed by atoms with E-state index in [2.05, 4.69) is 46.3 Å². The first-order chi connectivity index (χ1) is 19.6. The number of hydrogen-bond donors (Lipinski definition) is 5. The molecule has 0 radical (unpaired) electrons. The van der Waals surface area contributed by atoms with E-state index in [-0.39, 0.29) is 12.5 Å². The summed E-state index contributed by atoms with van der Waals surface area (Å²) in [7, 11) is 1.77. The number of nitrogens with two attached hydrogens (primary N) is 1. The molecule has 6 N–H and O–H groups in total. The van der Waals surface area contributed by atoms with Crippen LogP contribution in [-0.2, 0) is 20.9 Å². The van der Waals surface area contributed by atoms with Crippen molar-refractivity contribution in [2.45, 2.75) is 37.5 Å². The number of aliphatic hydroxyl groups excluding tert-OH is 2. The van der Waals surface area contributed by atoms with Crippen molar-refractivity contribution in [3.05, 3.63) is 78.2 Å². The zero-order valence-corrected chi connectivity index (χ0v) is 22.7. The van der Waals surface area contributed by atoms with E-state index in [0.29, 0.717) is 12.5 Å². The van der Waals surface area contributed by atoms with Gasteiger partial charge in [0.1, 0.15) is 5.82 Å². The zero-order chi connectivity index (χ0) is 29.9. The van der Waals surface area contributed by atoms with E-state index in [1.165, 1.54) is 5.69 Å². The number of carboxylic acid groups (broad SMARTS) is 2. The van der Waals surface area contributed by atoms with E-state index in [9.17, 15) is 14.4 Å². The van der Waals surface area contributed by atoms with Crippen LogP contribution in [0.25, 0.3) is 11.1 Å². The molecule has 1 fully saturated rings. The molecule has 0 bridgehead atoms. The van der Waals surface area contributed by atoms with E-state index in [1.807, 2.05) is 30.6 Å². The van der Waals surface area contributed by atoms with Crippen molar-refractivity contribution in [3.8, 4) is 11.1 Å². The van der Waals surface area contributed by atoms with Crippen LogP contribution >= 0.6 is 0 Å². The summed E-state index contributed by atoms with van der Waals surface area (Å²) in [4.78, 5) is 44.5. The Hall–Kier alpha value is -4.39. The van der Waals surface area contributed by atoms with E-state index in [1.54, 1.807) is 11.9 Å². The molecule has 1 aromatic carbocycles. The zero-order valence-electron chi connectivity index (χ0n) is 22.7. The van der Waals surface area contributed by atoms with Crippen molar-refractivity contribution in [3.63, 3.8) is 0 Å².